The van der Waals surface area contributed by atoms with Crippen molar-refractivity contribution in [2.45, 2.75) is 53.2 Å². The van der Waals surface area contributed by atoms with Gasteiger partial charge in [0.1, 0.15) is 5.75 Å². The van der Waals surface area contributed by atoms with Gasteiger partial charge in [0.2, 0.25) is 0 Å². The third-order valence-corrected chi connectivity index (χ3v) is 5.94. The molecule has 0 unspecified atom stereocenters. The minimum absolute atomic E-state index is 0.136. The van der Waals surface area contributed by atoms with Crippen molar-refractivity contribution < 1.29 is 18.8 Å². The Bertz CT molecular complexity index is 1240. The van der Waals surface area contributed by atoms with Crippen LogP contribution < -0.4 is 9.30 Å². The molecule has 0 aliphatic carbocycles. The van der Waals surface area contributed by atoms with Gasteiger partial charge in [-0.05, 0) is 55.0 Å². The maximum atomic E-state index is 12.0. The van der Waals surface area contributed by atoms with Crippen molar-refractivity contribution in [3.05, 3.63) is 47.8 Å². The molecule has 156 valence electrons. The van der Waals surface area contributed by atoms with Crippen molar-refractivity contribution in [2.24, 2.45) is 0 Å². The molecule has 30 heavy (non-hydrogen) atoms. The first-order chi connectivity index (χ1) is 14.5. The number of carbonyl (C=O) groups excluding carboxylic acids is 1. The minimum atomic E-state index is -0.136. The fraction of sp³-hybridized carbons (Fsp3) is 0.360. The SMILES string of the molecule is CCCCCC(=O)OC[n+]1ccc2c(C)c3[nH]c4ccc(OC)cc4c3c(C)c2c1. The molecule has 1 N–H and O–H groups in total. The summed E-state index contributed by atoms with van der Waals surface area (Å²) in [6, 6.07) is 8.23. The van der Waals surface area contributed by atoms with E-state index in [4.69, 9.17) is 9.47 Å². The smallest absolute Gasteiger partial charge is 0.310 e. The van der Waals surface area contributed by atoms with Crippen LogP contribution in [0.4, 0.5) is 0 Å². The Kier molecular flexibility index (Phi) is 5.62. The minimum Gasteiger partial charge on any atom is -0.497 e. The van der Waals surface area contributed by atoms with Crippen LogP contribution in [0.15, 0.2) is 36.7 Å². The molecule has 0 amide bonds. The van der Waals surface area contributed by atoms with E-state index in [1.807, 2.05) is 16.8 Å². The van der Waals surface area contributed by atoms with Crippen molar-refractivity contribution in [1.82, 2.24) is 4.98 Å². The number of nitrogens with one attached hydrogen (secondary N) is 1. The zero-order valence-corrected chi connectivity index (χ0v) is 18.2. The Hall–Kier alpha value is -3.08. The number of hydrogen-bond donors (Lipinski definition) is 1. The maximum Gasteiger partial charge on any atom is 0.310 e. The quantitative estimate of drug-likeness (QED) is 0.252. The van der Waals surface area contributed by atoms with Gasteiger partial charge in [-0.3, -0.25) is 4.79 Å². The lowest BCUT2D eigenvalue weighted by Crippen LogP contribution is -2.35. The molecule has 4 aromatic rings. The molecule has 0 spiro atoms. The molecule has 0 atom stereocenters. The summed E-state index contributed by atoms with van der Waals surface area (Å²) in [7, 11) is 1.69. The number of ether oxygens (including phenoxy) is 2. The van der Waals surface area contributed by atoms with Crippen LogP contribution in [0.2, 0.25) is 0 Å². The number of aromatic amines is 1. The summed E-state index contributed by atoms with van der Waals surface area (Å²) in [4.78, 5) is 15.5. The summed E-state index contributed by atoms with van der Waals surface area (Å²) in [5.41, 5.74) is 4.67. The fourth-order valence-corrected chi connectivity index (χ4v) is 4.22. The second-order valence-electron chi connectivity index (χ2n) is 7.93. The van der Waals surface area contributed by atoms with Gasteiger partial charge in [0.05, 0.1) is 12.6 Å². The fourth-order valence-electron chi connectivity index (χ4n) is 4.22. The van der Waals surface area contributed by atoms with Crippen molar-refractivity contribution in [3.63, 3.8) is 0 Å². The third-order valence-electron chi connectivity index (χ3n) is 5.94. The number of esters is 1. The van der Waals surface area contributed by atoms with Gasteiger partial charge in [0.15, 0.2) is 12.4 Å². The Labute approximate surface area is 176 Å². The lowest BCUT2D eigenvalue weighted by molar-refractivity contribution is -0.726. The first-order valence-corrected chi connectivity index (χ1v) is 10.6. The van der Waals surface area contributed by atoms with Crippen molar-refractivity contribution in [2.75, 3.05) is 7.11 Å². The Morgan fingerprint density at radius 1 is 1.07 bits per heavy atom. The topological polar surface area (TPSA) is 55.2 Å². The van der Waals surface area contributed by atoms with Crippen LogP contribution in [0.3, 0.4) is 0 Å². The Morgan fingerprint density at radius 2 is 1.90 bits per heavy atom. The molecular weight excluding hydrogens is 376 g/mol. The van der Waals surface area contributed by atoms with E-state index in [9.17, 15) is 4.79 Å². The second-order valence-corrected chi connectivity index (χ2v) is 7.93. The molecule has 5 nitrogen and oxygen atoms in total. The molecule has 0 saturated heterocycles. The number of carbonyl (C=O) groups is 1. The highest BCUT2D eigenvalue weighted by molar-refractivity contribution is 6.16. The summed E-state index contributed by atoms with van der Waals surface area (Å²) >= 11 is 0. The van der Waals surface area contributed by atoms with Crippen LogP contribution in [0, 0.1) is 13.8 Å². The molecule has 0 saturated carbocycles. The summed E-state index contributed by atoms with van der Waals surface area (Å²) in [6.45, 7) is 6.66. The number of rotatable bonds is 7. The van der Waals surface area contributed by atoms with E-state index in [1.54, 1.807) is 7.11 Å². The molecular formula is C25H29N2O3+. The van der Waals surface area contributed by atoms with E-state index in [1.165, 1.54) is 21.9 Å². The van der Waals surface area contributed by atoms with Crippen LogP contribution in [-0.2, 0) is 16.3 Å². The zero-order valence-electron chi connectivity index (χ0n) is 18.2. The predicted molar refractivity (Wildman–Crippen MR) is 120 cm³/mol. The van der Waals surface area contributed by atoms with Crippen LogP contribution >= 0.6 is 0 Å². The van der Waals surface area contributed by atoms with Gasteiger partial charge in [-0.1, -0.05) is 19.8 Å². The van der Waals surface area contributed by atoms with Crippen LogP contribution in [0.5, 0.6) is 5.75 Å². The summed E-state index contributed by atoms with van der Waals surface area (Å²) in [5, 5.41) is 4.73. The van der Waals surface area contributed by atoms with Crippen LogP contribution in [0.1, 0.15) is 43.7 Å². The lowest BCUT2D eigenvalue weighted by Gasteiger charge is -2.09. The van der Waals surface area contributed by atoms with E-state index in [2.05, 4.69) is 50.2 Å². The molecule has 2 heterocycles. The number of methoxy groups -OCH3 is 1. The lowest BCUT2D eigenvalue weighted by atomic mass is 9.97. The number of benzene rings is 2. The average molecular weight is 406 g/mol. The normalized spacial score (nSPS) is 11.5. The second kappa shape index (κ2) is 8.34. The number of H-pyrrole nitrogens is 1. The number of nitrogens with zero attached hydrogens (tertiary/aromatic N) is 1. The monoisotopic (exact) mass is 405 g/mol. The van der Waals surface area contributed by atoms with E-state index in [-0.39, 0.29) is 12.7 Å². The molecule has 2 aromatic carbocycles. The van der Waals surface area contributed by atoms with Gasteiger partial charge in [-0.25, -0.2) is 0 Å². The molecule has 0 aliphatic heterocycles. The van der Waals surface area contributed by atoms with Crippen LogP contribution in [0.25, 0.3) is 32.6 Å². The molecule has 0 radical (unpaired) electrons. The molecule has 5 heteroatoms. The van der Waals surface area contributed by atoms with Crippen molar-refractivity contribution in [1.29, 1.82) is 0 Å². The van der Waals surface area contributed by atoms with E-state index >= 15 is 0 Å². The number of aryl methyl sites for hydroxylation is 2. The van der Waals surface area contributed by atoms with Gasteiger partial charge in [0.25, 0.3) is 6.73 Å². The molecule has 4 rings (SSSR count). The zero-order chi connectivity index (χ0) is 21.3. The standard InChI is InChI=1S/C25H28N2O3/c1-5-6-7-8-23(28)30-15-27-12-11-19-17(3)25-24(16(2)21(19)14-27)20-13-18(29-4)9-10-22(20)26-25/h9-14H,5-8,15H2,1-4H3/p+1. The van der Waals surface area contributed by atoms with Gasteiger partial charge in [0, 0.05) is 34.2 Å². The summed E-state index contributed by atoms with van der Waals surface area (Å²) in [6.07, 6.45) is 7.58. The molecule has 0 fully saturated rings. The van der Waals surface area contributed by atoms with E-state index in [0.717, 1.165) is 46.8 Å². The first kappa shape index (κ1) is 20.2. The number of fused-ring (bicyclic) bond motifs is 4. The predicted octanol–water partition coefficient (Wildman–Crippen LogP) is 5.47. The third kappa shape index (κ3) is 3.60. The van der Waals surface area contributed by atoms with Crippen molar-refractivity contribution in [3.8, 4) is 5.75 Å². The van der Waals surface area contributed by atoms with Crippen molar-refractivity contribution >= 4 is 38.5 Å². The molecule has 0 aliphatic rings. The highest BCUT2D eigenvalue weighted by Gasteiger charge is 2.17. The highest BCUT2D eigenvalue weighted by atomic mass is 16.5. The highest BCUT2D eigenvalue weighted by Crippen LogP contribution is 2.37. The maximum absolute atomic E-state index is 12.0. The number of aromatic nitrogens is 2. The summed E-state index contributed by atoms with van der Waals surface area (Å²) < 4.78 is 12.8. The van der Waals surface area contributed by atoms with Gasteiger partial charge in [-0.15, -0.1) is 0 Å². The largest absolute Gasteiger partial charge is 0.497 e. The van der Waals surface area contributed by atoms with Gasteiger partial charge in [-0.2, -0.15) is 4.57 Å². The number of unbranched alkanes of at least 4 members (excludes halogenated alkanes) is 2. The first-order valence-electron chi connectivity index (χ1n) is 10.6. The Morgan fingerprint density at radius 3 is 2.67 bits per heavy atom. The van der Waals surface area contributed by atoms with Gasteiger partial charge < -0.3 is 14.5 Å². The Balaban J connectivity index is 1.74. The van der Waals surface area contributed by atoms with Crippen LogP contribution in [-0.4, -0.2) is 18.1 Å². The molecule has 2 aromatic heterocycles. The number of hydrogen-bond acceptors (Lipinski definition) is 3. The number of pyridine rings is 1. The van der Waals surface area contributed by atoms with E-state index in [0.29, 0.717) is 6.42 Å². The van der Waals surface area contributed by atoms with E-state index < -0.39 is 0 Å². The average Bonchev–Trinajstić information content (AvgIpc) is 3.15. The van der Waals surface area contributed by atoms with Gasteiger partial charge >= 0.3 is 5.97 Å². The summed E-state index contributed by atoms with van der Waals surface area (Å²) in [5.74, 6) is 0.710. The molecule has 0 bridgehead atoms.